The average molecular weight is 272 g/mol. The minimum atomic E-state index is -0.167. The zero-order valence-electron chi connectivity index (χ0n) is 9.85. The number of nitrogens with one attached hydrogen (secondary N) is 1. The molecule has 3 N–H and O–H groups in total. The SMILES string of the molecule is Nc1ccccc1C(=O)c1c[nH]c2nccc(Cl)c12. The first-order chi connectivity index (χ1) is 9.18. The van der Waals surface area contributed by atoms with E-state index in [9.17, 15) is 4.79 Å². The van der Waals surface area contributed by atoms with Crippen LogP contribution in [0.1, 0.15) is 15.9 Å². The highest BCUT2D eigenvalue weighted by molar-refractivity contribution is 6.37. The quantitative estimate of drug-likeness (QED) is 0.556. The minimum Gasteiger partial charge on any atom is -0.398 e. The number of ketones is 1. The maximum atomic E-state index is 12.5. The number of fused-ring (bicyclic) bond motifs is 1. The topological polar surface area (TPSA) is 71.8 Å². The molecule has 0 saturated heterocycles. The van der Waals surface area contributed by atoms with E-state index in [1.807, 2.05) is 0 Å². The van der Waals surface area contributed by atoms with Gasteiger partial charge in [0.25, 0.3) is 0 Å². The van der Waals surface area contributed by atoms with Gasteiger partial charge in [0.1, 0.15) is 5.65 Å². The van der Waals surface area contributed by atoms with Gasteiger partial charge in [-0.15, -0.1) is 0 Å². The second kappa shape index (κ2) is 4.40. The number of hydrogen-bond donors (Lipinski definition) is 2. The molecular weight excluding hydrogens is 262 g/mol. The van der Waals surface area contributed by atoms with Gasteiger partial charge in [0.05, 0.1) is 10.6 Å². The normalized spacial score (nSPS) is 10.8. The van der Waals surface area contributed by atoms with Crippen molar-refractivity contribution in [3.8, 4) is 0 Å². The Balaban J connectivity index is 2.21. The number of nitrogen functional groups attached to an aromatic ring is 1. The molecule has 19 heavy (non-hydrogen) atoms. The van der Waals surface area contributed by atoms with Crippen molar-refractivity contribution in [2.45, 2.75) is 0 Å². The first-order valence-corrected chi connectivity index (χ1v) is 6.07. The molecule has 0 bridgehead atoms. The van der Waals surface area contributed by atoms with Gasteiger partial charge in [0.15, 0.2) is 5.78 Å². The Bertz CT molecular complexity index is 779. The number of aromatic nitrogens is 2. The fraction of sp³-hybridized carbons (Fsp3) is 0. The molecule has 0 fully saturated rings. The third-order valence-corrected chi connectivity index (χ3v) is 3.29. The molecule has 0 radical (unpaired) electrons. The molecule has 0 unspecified atom stereocenters. The summed E-state index contributed by atoms with van der Waals surface area (Å²) >= 11 is 6.13. The summed E-state index contributed by atoms with van der Waals surface area (Å²) in [4.78, 5) is 19.6. The van der Waals surface area contributed by atoms with Crippen LogP contribution < -0.4 is 5.73 Å². The van der Waals surface area contributed by atoms with Crippen molar-refractivity contribution in [2.75, 3.05) is 5.73 Å². The molecule has 5 heteroatoms. The summed E-state index contributed by atoms with van der Waals surface area (Å²) in [5, 5.41) is 1.11. The fourth-order valence-corrected chi connectivity index (χ4v) is 2.29. The number of H-pyrrole nitrogens is 1. The van der Waals surface area contributed by atoms with Crippen LogP contribution in [0.4, 0.5) is 5.69 Å². The van der Waals surface area contributed by atoms with Crippen molar-refractivity contribution < 1.29 is 4.79 Å². The van der Waals surface area contributed by atoms with E-state index in [-0.39, 0.29) is 5.78 Å². The van der Waals surface area contributed by atoms with Crippen molar-refractivity contribution in [3.63, 3.8) is 0 Å². The highest BCUT2D eigenvalue weighted by atomic mass is 35.5. The van der Waals surface area contributed by atoms with Crippen LogP contribution in [0.3, 0.4) is 0 Å². The third-order valence-electron chi connectivity index (χ3n) is 2.97. The van der Waals surface area contributed by atoms with E-state index in [1.54, 1.807) is 42.7 Å². The lowest BCUT2D eigenvalue weighted by Crippen LogP contribution is -2.04. The first-order valence-electron chi connectivity index (χ1n) is 5.69. The molecule has 4 nitrogen and oxygen atoms in total. The molecule has 0 aliphatic carbocycles. The second-order valence-corrected chi connectivity index (χ2v) is 4.54. The summed E-state index contributed by atoms with van der Waals surface area (Å²) in [5.41, 5.74) is 7.80. The van der Waals surface area contributed by atoms with Crippen LogP contribution in [0.15, 0.2) is 42.7 Å². The summed E-state index contributed by atoms with van der Waals surface area (Å²) in [6, 6.07) is 8.61. The van der Waals surface area contributed by atoms with Gasteiger partial charge in [0.2, 0.25) is 0 Å². The van der Waals surface area contributed by atoms with Gasteiger partial charge in [0, 0.05) is 29.0 Å². The first kappa shape index (κ1) is 11.7. The number of carbonyl (C=O) groups is 1. The Kier molecular flexibility index (Phi) is 2.72. The Morgan fingerprint density at radius 2 is 2.00 bits per heavy atom. The van der Waals surface area contributed by atoms with Crippen LogP contribution in [0.25, 0.3) is 11.0 Å². The standard InChI is InChI=1S/C14H10ClN3O/c15-10-5-6-17-14-12(10)9(7-18-14)13(19)8-3-1-2-4-11(8)16/h1-7H,16H2,(H,17,18). The highest BCUT2D eigenvalue weighted by Crippen LogP contribution is 2.27. The zero-order valence-corrected chi connectivity index (χ0v) is 10.6. The summed E-state index contributed by atoms with van der Waals surface area (Å²) in [6.07, 6.45) is 3.20. The highest BCUT2D eigenvalue weighted by Gasteiger charge is 2.18. The molecule has 2 heterocycles. The molecular formula is C14H10ClN3O. The number of benzene rings is 1. The van der Waals surface area contributed by atoms with Crippen molar-refractivity contribution in [2.24, 2.45) is 0 Å². The van der Waals surface area contributed by atoms with Crippen LogP contribution >= 0.6 is 11.6 Å². The van der Waals surface area contributed by atoms with E-state index in [2.05, 4.69) is 9.97 Å². The van der Waals surface area contributed by atoms with Gasteiger partial charge in [-0.3, -0.25) is 4.79 Å². The lowest BCUT2D eigenvalue weighted by atomic mass is 10.0. The van der Waals surface area contributed by atoms with Crippen LogP contribution in [0.2, 0.25) is 5.02 Å². The number of aromatic amines is 1. The second-order valence-electron chi connectivity index (χ2n) is 4.14. The van der Waals surface area contributed by atoms with E-state index in [1.165, 1.54) is 0 Å². The monoisotopic (exact) mass is 271 g/mol. The Morgan fingerprint density at radius 3 is 2.79 bits per heavy atom. The fourth-order valence-electron chi connectivity index (χ4n) is 2.04. The molecule has 3 aromatic rings. The van der Waals surface area contributed by atoms with Gasteiger partial charge in [-0.25, -0.2) is 4.98 Å². The maximum absolute atomic E-state index is 12.5. The largest absolute Gasteiger partial charge is 0.398 e. The summed E-state index contributed by atoms with van der Waals surface area (Å²) in [5.74, 6) is -0.167. The van der Waals surface area contributed by atoms with Gasteiger partial charge in [-0.05, 0) is 18.2 Å². The van der Waals surface area contributed by atoms with Crippen LogP contribution in [-0.2, 0) is 0 Å². The van der Waals surface area contributed by atoms with Gasteiger partial charge < -0.3 is 10.7 Å². The van der Waals surface area contributed by atoms with Crippen LogP contribution in [0.5, 0.6) is 0 Å². The lowest BCUT2D eigenvalue weighted by Gasteiger charge is -2.03. The minimum absolute atomic E-state index is 0.167. The van der Waals surface area contributed by atoms with E-state index < -0.39 is 0 Å². The number of halogens is 1. The maximum Gasteiger partial charge on any atom is 0.197 e. The van der Waals surface area contributed by atoms with Crippen molar-refractivity contribution >= 4 is 34.1 Å². The van der Waals surface area contributed by atoms with Crippen LogP contribution in [-0.4, -0.2) is 15.8 Å². The number of nitrogens with zero attached hydrogens (tertiary/aromatic N) is 1. The zero-order chi connectivity index (χ0) is 13.4. The van der Waals surface area contributed by atoms with E-state index in [4.69, 9.17) is 17.3 Å². The number of hydrogen-bond acceptors (Lipinski definition) is 3. The molecule has 0 atom stereocenters. The van der Waals surface area contributed by atoms with Crippen LogP contribution in [0, 0.1) is 0 Å². The summed E-state index contributed by atoms with van der Waals surface area (Å²) in [7, 11) is 0. The van der Waals surface area contributed by atoms with E-state index >= 15 is 0 Å². The molecule has 1 aromatic carbocycles. The third kappa shape index (κ3) is 1.86. The molecule has 0 amide bonds. The number of nitrogens with two attached hydrogens (primary N) is 1. The van der Waals surface area contributed by atoms with Gasteiger partial charge >= 0.3 is 0 Å². The Morgan fingerprint density at radius 1 is 1.21 bits per heavy atom. The molecule has 3 rings (SSSR count). The van der Waals surface area contributed by atoms with E-state index in [0.29, 0.717) is 32.9 Å². The molecule has 2 aromatic heterocycles. The molecule has 0 aliphatic heterocycles. The van der Waals surface area contributed by atoms with E-state index in [0.717, 1.165) is 0 Å². The Labute approximate surface area is 114 Å². The predicted molar refractivity (Wildman–Crippen MR) is 75.4 cm³/mol. The average Bonchev–Trinajstić information content (AvgIpc) is 2.84. The van der Waals surface area contributed by atoms with Gasteiger partial charge in [-0.1, -0.05) is 23.7 Å². The molecule has 0 saturated carbocycles. The molecule has 0 aliphatic rings. The number of rotatable bonds is 2. The number of anilines is 1. The van der Waals surface area contributed by atoms with Crippen molar-refractivity contribution in [3.05, 3.63) is 58.9 Å². The smallest absolute Gasteiger partial charge is 0.197 e. The van der Waals surface area contributed by atoms with Crippen molar-refractivity contribution in [1.29, 1.82) is 0 Å². The Hall–Kier alpha value is -2.33. The summed E-state index contributed by atoms with van der Waals surface area (Å²) in [6.45, 7) is 0. The van der Waals surface area contributed by atoms with Crippen molar-refractivity contribution in [1.82, 2.24) is 9.97 Å². The summed E-state index contributed by atoms with van der Waals surface area (Å²) < 4.78 is 0. The van der Waals surface area contributed by atoms with Gasteiger partial charge in [-0.2, -0.15) is 0 Å². The molecule has 94 valence electrons. The molecule has 0 spiro atoms. The number of pyridine rings is 1. The number of para-hydroxylation sites is 1. The lowest BCUT2D eigenvalue weighted by molar-refractivity contribution is 0.104. The number of carbonyl (C=O) groups excluding carboxylic acids is 1. The predicted octanol–water partition coefficient (Wildman–Crippen LogP) is 3.03.